The van der Waals surface area contributed by atoms with Crippen molar-refractivity contribution in [2.24, 2.45) is 5.41 Å². The second-order valence-corrected chi connectivity index (χ2v) is 6.40. The van der Waals surface area contributed by atoms with Crippen molar-refractivity contribution in [2.75, 3.05) is 0 Å². The molecule has 0 saturated heterocycles. The van der Waals surface area contributed by atoms with E-state index < -0.39 is 17.2 Å². The maximum atomic E-state index is 13.0. The number of Topliss-reactive ketones (excluding diaryl/α,β-unsaturated/α-hetero) is 1. The van der Waals surface area contributed by atoms with Crippen molar-refractivity contribution < 1.29 is 18.0 Å². The summed E-state index contributed by atoms with van der Waals surface area (Å²) in [5.41, 5.74) is -0.394. The molecule has 1 fully saturated rings. The summed E-state index contributed by atoms with van der Waals surface area (Å²) in [5, 5.41) is 0. The van der Waals surface area contributed by atoms with Gasteiger partial charge in [0.05, 0.1) is 5.56 Å². The number of halogens is 3. The molecule has 1 aliphatic carbocycles. The number of nitrogens with zero attached hydrogens (tertiary/aromatic N) is 1. The topological polar surface area (TPSA) is 30.0 Å². The summed E-state index contributed by atoms with van der Waals surface area (Å²) in [5.74, 6) is -0.359. The van der Waals surface area contributed by atoms with E-state index in [1.807, 2.05) is 6.92 Å². The van der Waals surface area contributed by atoms with Crippen molar-refractivity contribution in [1.29, 1.82) is 0 Å². The van der Waals surface area contributed by atoms with E-state index in [1.54, 1.807) is 30.5 Å². The highest BCUT2D eigenvalue weighted by molar-refractivity contribution is 6.00. The van der Waals surface area contributed by atoms with E-state index in [0.717, 1.165) is 18.6 Å². The van der Waals surface area contributed by atoms with Crippen LogP contribution >= 0.6 is 0 Å². The van der Waals surface area contributed by atoms with Crippen molar-refractivity contribution in [2.45, 2.75) is 38.3 Å². The number of aromatic nitrogens is 1. The zero-order chi connectivity index (χ0) is 17.4. The molecule has 0 N–H and O–H groups in total. The van der Waals surface area contributed by atoms with Gasteiger partial charge in [-0.15, -0.1) is 0 Å². The van der Waals surface area contributed by atoms with E-state index in [1.165, 1.54) is 6.07 Å². The first-order chi connectivity index (χ1) is 11.3. The monoisotopic (exact) mass is 333 g/mol. The Balaban J connectivity index is 1.95. The third-order valence-corrected chi connectivity index (χ3v) is 5.14. The Morgan fingerprint density at radius 2 is 1.92 bits per heavy atom. The molecule has 0 radical (unpaired) electrons. The molecule has 24 heavy (non-hydrogen) atoms. The van der Waals surface area contributed by atoms with Crippen molar-refractivity contribution in [3.8, 4) is 0 Å². The van der Waals surface area contributed by atoms with Gasteiger partial charge in [-0.2, -0.15) is 13.2 Å². The minimum absolute atomic E-state index is 0.0701. The van der Waals surface area contributed by atoms with Gasteiger partial charge in [-0.25, -0.2) is 0 Å². The zero-order valence-corrected chi connectivity index (χ0v) is 13.3. The maximum absolute atomic E-state index is 13.0. The Labute approximate surface area is 138 Å². The molecule has 2 aromatic rings. The Hall–Kier alpha value is -2.17. The second-order valence-electron chi connectivity index (χ2n) is 6.40. The Kier molecular flexibility index (Phi) is 4.20. The summed E-state index contributed by atoms with van der Waals surface area (Å²) in [6.07, 6.45) is -0.552. The van der Waals surface area contributed by atoms with Crippen LogP contribution in [0.15, 0.2) is 48.7 Å². The summed E-state index contributed by atoms with van der Waals surface area (Å²) in [6, 6.07) is 10.5. The van der Waals surface area contributed by atoms with Gasteiger partial charge in [0.1, 0.15) is 5.69 Å². The van der Waals surface area contributed by atoms with E-state index in [0.29, 0.717) is 24.1 Å². The average molecular weight is 333 g/mol. The predicted molar refractivity (Wildman–Crippen MR) is 84.7 cm³/mol. The molecule has 1 atom stereocenters. The van der Waals surface area contributed by atoms with Gasteiger partial charge >= 0.3 is 6.18 Å². The van der Waals surface area contributed by atoms with E-state index >= 15 is 0 Å². The predicted octanol–water partition coefficient (Wildman–Crippen LogP) is 5.26. The number of carbonyl (C=O) groups is 1. The minimum Gasteiger partial charge on any atom is -0.292 e. The SMILES string of the molecule is CC(c1cccc(C(F)(F)F)c1)C1(C(=O)c2ccccn2)CCC1. The van der Waals surface area contributed by atoms with Crippen LogP contribution in [0, 0.1) is 5.41 Å². The van der Waals surface area contributed by atoms with Gasteiger partial charge in [0.25, 0.3) is 0 Å². The number of pyridine rings is 1. The summed E-state index contributed by atoms with van der Waals surface area (Å²) < 4.78 is 38.9. The number of hydrogen-bond acceptors (Lipinski definition) is 2. The summed E-state index contributed by atoms with van der Waals surface area (Å²) >= 11 is 0. The average Bonchev–Trinajstić information content (AvgIpc) is 2.54. The number of ketones is 1. The van der Waals surface area contributed by atoms with Crippen molar-refractivity contribution in [3.05, 3.63) is 65.5 Å². The van der Waals surface area contributed by atoms with Gasteiger partial charge in [0.15, 0.2) is 5.78 Å². The molecule has 0 spiro atoms. The molecule has 1 aromatic carbocycles. The van der Waals surface area contributed by atoms with Gasteiger partial charge in [0, 0.05) is 11.6 Å². The maximum Gasteiger partial charge on any atom is 0.416 e. The van der Waals surface area contributed by atoms with Crippen LogP contribution in [-0.4, -0.2) is 10.8 Å². The summed E-state index contributed by atoms with van der Waals surface area (Å²) in [7, 11) is 0. The fourth-order valence-electron chi connectivity index (χ4n) is 3.47. The molecular weight excluding hydrogens is 315 g/mol. The number of carbonyl (C=O) groups excluding carboxylic acids is 1. The van der Waals surface area contributed by atoms with Gasteiger partial charge in [0.2, 0.25) is 0 Å². The molecule has 0 bridgehead atoms. The summed E-state index contributed by atoms with van der Waals surface area (Å²) in [4.78, 5) is 17.1. The largest absolute Gasteiger partial charge is 0.416 e. The molecule has 1 aliphatic rings. The highest BCUT2D eigenvalue weighted by Gasteiger charge is 2.49. The number of alkyl halides is 3. The van der Waals surface area contributed by atoms with Crippen LogP contribution in [0.25, 0.3) is 0 Å². The summed E-state index contributed by atoms with van der Waals surface area (Å²) in [6.45, 7) is 1.84. The molecule has 126 valence electrons. The van der Waals surface area contributed by atoms with Crippen molar-refractivity contribution in [1.82, 2.24) is 4.98 Å². The lowest BCUT2D eigenvalue weighted by atomic mass is 9.57. The lowest BCUT2D eigenvalue weighted by molar-refractivity contribution is -0.137. The quantitative estimate of drug-likeness (QED) is 0.715. The highest BCUT2D eigenvalue weighted by Crippen LogP contribution is 2.53. The van der Waals surface area contributed by atoms with Gasteiger partial charge in [-0.05, 0) is 42.5 Å². The van der Waals surface area contributed by atoms with Crippen LogP contribution in [0.3, 0.4) is 0 Å². The smallest absolute Gasteiger partial charge is 0.292 e. The fraction of sp³-hybridized carbons (Fsp3) is 0.368. The zero-order valence-electron chi connectivity index (χ0n) is 13.3. The number of hydrogen-bond donors (Lipinski definition) is 0. The normalized spacial score (nSPS) is 17.8. The van der Waals surface area contributed by atoms with Crippen LogP contribution < -0.4 is 0 Å². The first kappa shape index (κ1) is 16.7. The Morgan fingerprint density at radius 1 is 1.17 bits per heavy atom. The van der Waals surface area contributed by atoms with Crippen molar-refractivity contribution in [3.63, 3.8) is 0 Å². The third kappa shape index (κ3) is 2.83. The standard InChI is InChI=1S/C19H18F3NO/c1-13(14-6-4-7-15(12-14)19(20,21)22)18(9-5-10-18)17(24)16-8-2-3-11-23-16/h2-4,6-8,11-13H,5,9-10H2,1H3. The van der Waals surface area contributed by atoms with Gasteiger partial charge < -0.3 is 0 Å². The number of benzene rings is 1. The molecule has 1 unspecified atom stereocenters. The fourth-order valence-corrected chi connectivity index (χ4v) is 3.47. The molecule has 1 heterocycles. The Morgan fingerprint density at radius 3 is 2.46 bits per heavy atom. The van der Waals surface area contributed by atoms with Crippen LogP contribution in [0.1, 0.15) is 53.7 Å². The number of rotatable bonds is 4. The van der Waals surface area contributed by atoms with Crippen LogP contribution in [-0.2, 0) is 6.18 Å². The van der Waals surface area contributed by atoms with E-state index in [2.05, 4.69) is 4.98 Å². The molecule has 1 aromatic heterocycles. The van der Waals surface area contributed by atoms with Gasteiger partial charge in [-0.3, -0.25) is 9.78 Å². The highest BCUT2D eigenvalue weighted by atomic mass is 19.4. The second kappa shape index (κ2) is 6.04. The molecule has 0 aliphatic heterocycles. The van der Waals surface area contributed by atoms with E-state index in [-0.39, 0.29) is 11.7 Å². The Bertz CT molecular complexity index is 736. The van der Waals surface area contributed by atoms with E-state index in [9.17, 15) is 18.0 Å². The third-order valence-electron chi connectivity index (χ3n) is 5.14. The molecule has 1 saturated carbocycles. The molecule has 3 rings (SSSR count). The molecule has 0 amide bonds. The molecule has 2 nitrogen and oxygen atoms in total. The first-order valence-corrected chi connectivity index (χ1v) is 7.97. The van der Waals surface area contributed by atoms with E-state index in [4.69, 9.17) is 0 Å². The lowest BCUT2D eigenvalue weighted by Crippen LogP contribution is -2.43. The lowest BCUT2D eigenvalue weighted by Gasteiger charge is -2.45. The first-order valence-electron chi connectivity index (χ1n) is 7.97. The minimum atomic E-state index is -4.38. The molecular formula is C19H18F3NO. The van der Waals surface area contributed by atoms with Crippen LogP contribution in [0.4, 0.5) is 13.2 Å². The van der Waals surface area contributed by atoms with Gasteiger partial charge in [-0.1, -0.05) is 37.6 Å². The van der Waals surface area contributed by atoms with Crippen molar-refractivity contribution >= 4 is 5.78 Å². The van der Waals surface area contributed by atoms with Crippen LogP contribution in [0.2, 0.25) is 0 Å². The molecule has 5 heteroatoms. The van der Waals surface area contributed by atoms with Crippen LogP contribution in [0.5, 0.6) is 0 Å².